The van der Waals surface area contributed by atoms with E-state index in [1.807, 2.05) is 0 Å². The number of fused-ring (bicyclic) bond motifs is 1. The van der Waals surface area contributed by atoms with Gasteiger partial charge in [-0.3, -0.25) is 4.79 Å². The Labute approximate surface area is 191 Å². The van der Waals surface area contributed by atoms with Gasteiger partial charge in [-0.25, -0.2) is 9.59 Å². The van der Waals surface area contributed by atoms with E-state index in [1.165, 1.54) is 11.0 Å². The Balaban J connectivity index is 1.79. The number of rotatable bonds is 8. The zero-order chi connectivity index (χ0) is 23.8. The maximum Gasteiger partial charge on any atom is 0.410 e. The number of nitrogens with zero attached hydrogens (tertiary/aromatic N) is 2. The predicted octanol–water partition coefficient (Wildman–Crippen LogP) is 2.86. The number of carboxylic acid groups (broad SMARTS) is 1. The molecule has 178 valence electrons. The van der Waals surface area contributed by atoms with Crippen LogP contribution < -0.4 is 0 Å². The van der Waals surface area contributed by atoms with Crippen LogP contribution in [-0.4, -0.2) is 74.3 Å². The van der Waals surface area contributed by atoms with Crippen LogP contribution in [0.25, 0.3) is 0 Å². The highest BCUT2D eigenvalue weighted by atomic mass is 28.3. The molecule has 32 heavy (non-hydrogen) atoms. The number of carboxylic acids is 1. The van der Waals surface area contributed by atoms with E-state index < -0.39 is 21.1 Å². The number of carbonyl (C=O) groups is 3. The minimum Gasteiger partial charge on any atom is -0.477 e. The summed E-state index contributed by atoms with van der Waals surface area (Å²) in [4.78, 5) is 40.7. The molecular weight excluding hydrogens is 428 g/mol. The molecule has 0 radical (unpaired) electrons. The quantitative estimate of drug-likeness (QED) is 0.337. The molecule has 2 saturated heterocycles. The Morgan fingerprint density at radius 3 is 2.59 bits per heavy atom. The second-order valence-electron chi connectivity index (χ2n) is 10.3. The van der Waals surface area contributed by atoms with Gasteiger partial charge >= 0.3 is 12.1 Å². The Morgan fingerprint density at radius 2 is 2.03 bits per heavy atom. The number of amides is 2. The normalized spacial score (nSPS) is 26.3. The molecule has 2 fully saturated rings. The van der Waals surface area contributed by atoms with Crippen molar-refractivity contribution in [1.82, 2.24) is 9.80 Å². The van der Waals surface area contributed by atoms with Crippen molar-refractivity contribution in [3.05, 3.63) is 23.9 Å². The summed E-state index contributed by atoms with van der Waals surface area (Å²) in [5.74, 6) is -1.49. The Hall–Kier alpha value is -2.13. The molecule has 3 heterocycles. The molecule has 4 atom stereocenters. The largest absolute Gasteiger partial charge is 0.477 e. The van der Waals surface area contributed by atoms with Crippen LogP contribution in [0.3, 0.4) is 0 Å². The molecule has 2 amide bonds. The maximum absolute atomic E-state index is 13.2. The third-order valence-electron chi connectivity index (χ3n) is 6.86. The molecule has 8 nitrogen and oxygen atoms in total. The second kappa shape index (κ2) is 9.39. The van der Waals surface area contributed by atoms with E-state index >= 15 is 0 Å². The zero-order valence-corrected chi connectivity index (χ0v) is 21.0. The lowest BCUT2D eigenvalue weighted by molar-refractivity contribution is -0.162. The monoisotopic (exact) mass is 464 g/mol. The van der Waals surface area contributed by atoms with Crippen molar-refractivity contribution in [2.75, 3.05) is 26.3 Å². The van der Waals surface area contributed by atoms with E-state index in [1.54, 1.807) is 4.90 Å². The summed E-state index contributed by atoms with van der Waals surface area (Å²) >= 11 is 0. The van der Waals surface area contributed by atoms with Crippen LogP contribution >= 0.6 is 0 Å². The SMILES string of the molecule is C=CCOC(=O)N1CCC(C2=C(C(=O)O)N3C(=O)[C@@H]([C@@H](CO[SiH](C)C)C(C)(C)C)[C@H]3C2)C1. The molecule has 0 aromatic carbocycles. The number of hydrogen-bond donors (Lipinski definition) is 1. The molecule has 1 N–H and O–H groups in total. The zero-order valence-electron chi connectivity index (χ0n) is 19.8. The molecule has 0 bridgehead atoms. The first-order valence-electron chi connectivity index (χ1n) is 11.4. The van der Waals surface area contributed by atoms with Gasteiger partial charge in [-0.2, -0.15) is 0 Å². The first-order chi connectivity index (χ1) is 15.0. The van der Waals surface area contributed by atoms with Crippen LogP contribution in [0.2, 0.25) is 13.1 Å². The molecule has 3 aliphatic rings. The first kappa shape index (κ1) is 24.5. The van der Waals surface area contributed by atoms with Gasteiger partial charge in [-0.05, 0) is 42.8 Å². The molecular formula is C23H36N2O6Si. The van der Waals surface area contributed by atoms with Crippen LogP contribution in [0.15, 0.2) is 23.9 Å². The van der Waals surface area contributed by atoms with Crippen molar-refractivity contribution in [1.29, 1.82) is 0 Å². The molecule has 0 aromatic heterocycles. The number of likely N-dealkylation sites (tertiary alicyclic amines) is 1. The summed E-state index contributed by atoms with van der Waals surface area (Å²) in [6.07, 6.45) is 2.31. The fraction of sp³-hybridized carbons (Fsp3) is 0.696. The lowest BCUT2D eigenvalue weighted by atomic mass is 9.66. The van der Waals surface area contributed by atoms with Crippen molar-refractivity contribution < 1.29 is 28.7 Å². The van der Waals surface area contributed by atoms with Crippen LogP contribution in [0.1, 0.15) is 33.6 Å². The van der Waals surface area contributed by atoms with Crippen LogP contribution in [-0.2, 0) is 18.8 Å². The van der Waals surface area contributed by atoms with E-state index in [-0.39, 0.29) is 47.4 Å². The van der Waals surface area contributed by atoms with Crippen molar-refractivity contribution in [3.8, 4) is 0 Å². The van der Waals surface area contributed by atoms with Gasteiger partial charge in [0.1, 0.15) is 12.3 Å². The van der Waals surface area contributed by atoms with Gasteiger partial charge in [0.2, 0.25) is 5.91 Å². The molecule has 1 unspecified atom stereocenters. The molecule has 3 rings (SSSR count). The summed E-state index contributed by atoms with van der Waals surface area (Å²) in [5, 5.41) is 9.95. The molecule has 0 saturated carbocycles. The van der Waals surface area contributed by atoms with Gasteiger partial charge in [-0.1, -0.05) is 33.4 Å². The van der Waals surface area contributed by atoms with Gasteiger partial charge in [0.15, 0.2) is 9.04 Å². The lowest BCUT2D eigenvalue weighted by Crippen LogP contribution is -2.63. The number of hydrogen-bond acceptors (Lipinski definition) is 5. The fourth-order valence-electron chi connectivity index (χ4n) is 5.20. The highest BCUT2D eigenvalue weighted by Gasteiger charge is 2.60. The van der Waals surface area contributed by atoms with Crippen LogP contribution in [0, 0.1) is 23.2 Å². The number of carbonyl (C=O) groups excluding carboxylic acids is 2. The minimum absolute atomic E-state index is 0.0227. The van der Waals surface area contributed by atoms with Crippen molar-refractivity contribution >= 4 is 27.0 Å². The van der Waals surface area contributed by atoms with Gasteiger partial charge in [0.05, 0.1) is 12.0 Å². The Bertz CT molecular complexity index is 818. The first-order valence-corrected chi connectivity index (χ1v) is 14.2. The summed E-state index contributed by atoms with van der Waals surface area (Å²) in [5.41, 5.74) is 0.763. The van der Waals surface area contributed by atoms with Crippen molar-refractivity contribution in [3.63, 3.8) is 0 Å². The minimum atomic E-state index is -1.25. The topological polar surface area (TPSA) is 96.4 Å². The second-order valence-corrected chi connectivity index (χ2v) is 12.8. The van der Waals surface area contributed by atoms with Crippen molar-refractivity contribution in [2.24, 2.45) is 23.2 Å². The third-order valence-corrected chi connectivity index (χ3v) is 7.72. The predicted molar refractivity (Wildman–Crippen MR) is 122 cm³/mol. The Kier molecular flexibility index (Phi) is 7.19. The number of aliphatic carboxylic acids is 1. The van der Waals surface area contributed by atoms with Gasteiger partial charge in [-0.15, -0.1) is 0 Å². The fourth-order valence-corrected chi connectivity index (χ4v) is 5.79. The molecule has 3 aliphatic heterocycles. The van der Waals surface area contributed by atoms with Crippen LogP contribution in [0.4, 0.5) is 4.79 Å². The van der Waals surface area contributed by atoms with Crippen molar-refractivity contribution in [2.45, 2.75) is 52.7 Å². The van der Waals surface area contributed by atoms with Gasteiger partial charge < -0.3 is 24.1 Å². The molecule has 0 spiro atoms. The average Bonchev–Trinajstić information content (AvgIpc) is 3.31. The van der Waals surface area contributed by atoms with E-state index in [4.69, 9.17) is 9.16 Å². The molecule has 0 aromatic rings. The Morgan fingerprint density at radius 1 is 1.34 bits per heavy atom. The van der Waals surface area contributed by atoms with Crippen LogP contribution in [0.5, 0.6) is 0 Å². The van der Waals surface area contributed by atoms with Gasteiger partial charge in [0, 0.05) is 25.6 Å². The lowest BCUT2D eigenvalue weighted by Gasteiger charge is -2.50. The van der Waals surface area contributed by atoms with E-state index in [0.717, 1.165) is 5.57 Å². The summed E-state index contributed by atoms with van der Waals surface area (Å²) in [6.45, 7) is 15.7. The summed E-state index contributed by atoms with van der Waals surface area (Å²) in [6, 6.07) is -0.146. The third kappa shape index (κ3) is 4.64. The summed E-state index contributed by atoms with van der Waals surface area (Å²) < 4.78 is 11.2. The number of β-lactam (4-membered cyclic amide) rings is 1. The highest BCUT2D eigenvalue weighted by molar-refractivity contribution is 6.48. The van der Waals surface area contributed by atoms with E-state index in [0.29, 0.717) is 32.5 Å². The highest BCUT2D eigenvalue weighted by Crippen LogP contribution is 2.51. The van der Waals surface area contributed by atoms with Gasteiger partial charge in [0.25, 0.3) is 0 Å². The average molecular weight is 465 g/mol. The smallest absolute Gasteiger partial charge is 0.410 e. The van der Waals surface area contributed by atoms with E-state index in [2.05, 4.69) is 40.4 Å². The maximum atomic E-state index is 13.2. The molecule has 9 heteroatoms. The molecule has 0 aliphatic carbocycles. The number of ether oxygens (including phenoxy) is 1. The van der Waals surface area contributed by atoms with E-state index in [9.17, 15) is 19.5 Å². The standard InChI is InChI=1S/C23H36N2O6Si/c1-7-10-30-22(29)24-9-8-14(12-24)15-11-17-18(20(26)25(17)19(15)21(27)28)16(23(2,3)4)13-31-32(5)6/h7,14,16-18,32H,1,8-13H2,2-6H3,(H,27,28)/t14?,16-,17-,18+/m1/s1. The summed E-state index contributed by atoms with van der Waals surface area (Å²) in [7, 11) is -1.25.